The Hall–Kier alpha value is -2.54. The van der Waals surface area contributed by atoms with Gasteiger partial charge in [0.05, 0.1) is 17.8 Å². The van der Waals surface area contributed by atoms with Gasteiger partial charge in [0.2, 0.25) is 0 Å². The molecule has 0 aliphatic rings. The number of hydrogen-bond acceptors (Lipinski definition) is 4. The second kappa shape index (κ2) is 7.46. The summed E-state index contributed by atoms with van der Waals surface area (Å²) in [6, 6.07) is 11.7. The maximum absolute atomic E-state index is 11.6. The number of methoxy groups -OCH3 is 1. The normalized spacial score (nSPS) is 10.5. The van der Waals surface area contributed by atoms with Crippen LogP contribution in [0, 0.1) is 0 Å². The number of ether oxygens (including phenoxy) is 1. The van der Waals surface area contributed by atoms with Crippen LogP contribution in [0.15, 0.2) is 52.0 Å². The SMILES string of the molecule is COc1c(O)cc(C=NNC(=O)Nc2ccccc2)cc1Br. The number of benzene rings is 2. The Bertz CT molecular complexity index is 667. The summed E-state index contributed by atoms with van der Waals surface area (Å²) in [7, 11) is 1.46. The zero-order chi connectivity index (χ0) is 15.9. The standard InChI is InChI=1S/C15H14BrN3O3/c1-22-14-12(16)7-10(8-13(14)20)9-17-19-15(21)18-11-5-3-2-4-6-11/h2-9,20H,1H3,(H2,18,19,21). The number of amides is 2. The Labute approximate surface area is 135 Å². The van der Waals surface area contributed by atoms with Crippen molar-refractivity contribution in [3.8, 4) is 11.5 Å². The number of para-hydroxylation sites is 1. The molecule has 0 aliphatic carbocycles. The third-order valence-corrected chi connectivity index (χ3v) is 3.25. The molecule has 0 aromatic heterocycles. The molecule has 2 aromatic rings. The smallest absolute Gasteiger partial charge is 0.339 e. The first-order valence-electron chi connectivity index (χ1n) is 6.31. The van der Waals surface area contributed by atoms with Crippen LogP contribution in [0.5, 0.6) is 11.5 Å². The monoisotopic (exact) mass is 363 g/mol. The molecule has 0 spiro atoms. The van der Waals surface area contributed by atoms with Crippen molar-refractivity contribution in [2.45, 2.75) is 0 Å². The van der Waals surface area contributed by atoms with E-state index in [0.717, 1.165) is 0 Å². The number of aromatic hydroxyl groups is 1. The Morgan fingerprint density at radius 2 is 2.05 bits per heavy atom. The highest BCUT2D eigenvalue weighted by Crippen LogP contribution is 2.34. The third-order valence-electron chi connectivity index (χ3n) is 2.66. The summed E-state index contributed by atoms with van der Waals surface area (Å²) in [5, 5.41) is 16.2. The van der Waals surface area contributed by atoms with E-state index in [1.54, 1.807) is 18.2 Å². The Morgan fingerprint density at radius 3 is 2.68 bits per heavy atom. The molecule has 0 atom stereocenters. The van der Waals surface area contributed by atoms with Crippen LogP contribution >= 0.6 is 15.9 Å². The zero-order valence-corrected chi connectivity index (χ0v) is 13.3. The van der Waals surface area contributed by atoms with Gasteiger partial charge in [0.25, 0.3) is 0 Å². The van der Waals surface area contributed by atoms with Gasteiger partial charge in [-0.2, -0.15) is 5.10 Å². The lowest BCUT2D eigenvalue weighted by Crippen LogP contribution is -2.24. The van der Waals surface area contributed by atoms with Crippen LogP contribution in [0.3, 0.4) is 0 Å². The van der Waals surface area contributed by atoms with Crippen molar-refractivity contribution in [2.24, 2.45) is 5.10 Å². The number of nitrogens with one attached hydrogen (secondary N) is 2. The summed E-state index contributed by atoms with van der Waals surface area (Å²) >= 11 is 3.28. The number of halogens is 1. The highest BCUT2D eigenvalue weighted by molar-refractivity contribution is 9.10. The first-order chi connectivity index (χ1) is 10.6. The molecule has 0 bridgehead atoms. The lowest BCUT2D eigenvalue weighted by atomic mass is 10.2. The highest BCUT2D eigenvalue weighted by Gasteiger charge is 2.07. The van der Waals surface area contributed by atoms with Crippen molar-refractivity contribution in [1.29, 1.82) is 0 Å². The van der Waals surface area contributed by atoms with Crippen LogP contribution in [0.25, 0.3) is 0 Å². The summed E-state index contributed by atoms with van der Waals surface area (Å²) in [5.74, 6) is 0.319. The van der Waals surface area contributed by atoms with Crippen LogP contribution in [0.4, 0.5) is 10.5 Å². The number of rotatable bonds is 4. The van der Waals surface area contributed by atoms with Gasteiger partial charge in [-0.1, -0.05) is 18.2 Å². The summed E-state index contributed by atoms with van der Waals surface area (Å²) in [6.07, 6.45) is 1.41. The minimum absolute atomic E-state index is 0.0212. The van der Waals surface area contributed by atoms with Crippen molar-refractivity contribution >= 4 is 33.9 Å². The van der Waals surface area contributed by atoms with Crippen molar-refractivity contribution in [2.75, 3.05) is 12.4 Å². The molecule has 0 aliphatic heterocycles. The van der Waals surface area contributed by atoms with E-state index in [1.807, 2.05) is 18.2 Å². The molecule has 0 fully saturated rings. The summed E-state index contributed by atoms with van der Waals surface area (Å²) in [5.41, 5.74) is 3.61. The molecule has 114 valence electrons. The van der Waals surface area contributed by atoms with Crippen LogP contribution < -0.4 is 15.5 Å². The van der Waals surface area contributed by atoms with Crippen LogP contribution in [0.1, 0.15) is 5.56 Å². The van der Waals surface area contributed by atoms with E-state index >= 15 is 0 Å². The van der Waals surface area contributed by atoms with Gasteiger partial charge in [-0.15, -0.1) is 0 Å². The van der Waals surface area contributed by atoms with Gasteiger partial charge < -0.3 is 15.2 Å². The van der Waals surface area contributed by atoms with Crippen LogP contribution in [0.2, 0.25) is 0 Å². The summed E-state index contributed by atoms with van der Waals surface area (Å²) < 4.78 is 5.61. The lowest BCUT2D eigenvalue weighted by molar-refractivity contribution is 0.252. The molecule has 2 aromatic carbocycles. The average molecular weight is 364 g/mol. The molecule has 0 heterocycles. The predicted octanol–water partition coefficient (Wildman–Crippen LogP) is 3.32. The molecule has 0 saturated carbocycles. The molecule has 22 heavy (non-hydrogen) atoms. The molecule has 0 saturated heterocycles. The van der Waals surface area contributed by atoms with Gasteiger partial charge in [-0.05, 0) is 45.8 Å². The molecule has 2 amide bonds. The predicted molar refractivity (Wildman–Crippen MR) is 88.5 cm³/mol. The molecule has 6 nitrogen and oxygen atoms in total. The van der Waals surface area contributed by atoms with Gasteiger partial charge in [-0.25, -0.2) is 10.2 Å². The second-order valence-electron chi connectivity index (χ2n) is 4.25. The van der Waals surface area contributed by atoms with Crippen molar-refractivity contribution in [1.82, 2.24) is 5.43 Å². The number of phenolic OH excluding ortho intramolecular Hbond substituents is 1. The Balaban J connectivity index is 1.96. The topological polar surface area (TPSA) is 83.0 Å². The number of phenols is 1. The highest BCUT2D eigenvalue weighted by atomic mass is 79.9. The molecule has 7 heteroatoms. The molecule has 0 unspecified atom stereocenters. The molecular formula is C15H14BrN3O3. The van der Waals surface area contributed by atoms with Crippen LogP contribution in [-0.4, -0.2) is 24.5 Å². The quantitative estimate of drug-likeness (QED) is 0.575. The van der Waals surface area contributed by atoms with Gasteiger partial charge in [0, 0.05) is 5.69 Å². The van der Waals surface area contributed by atoms with Gasteiger partial charge in [-0.3, -0.25) is 0 Å². The summed E-state index contributed by atoms with van der Waals surface area (Å²) in [6.45, 7) is 0. The molecule has 0 radical (unpaired) electrons. The van der Waals surface area contributed by atoms with E-state index in [4.69, 9.17) is 4.74 Å². The average Bonchev–Trinajstić information content (AvgIpc) is 2.48. The van der Waals surface area contributed by atoms with E-state index in [1.165, 1.54) is 19.4 Å². The molecular weight excluding hydrogens is 350 g/mol. The first-order valence-corrected chi connectivity index (χ1v) is 7.11. The minimum atomic E-state index is -0.459. The maximum atomic E-state index is 11.6. The maximum Gasteiger partial charge on any atom is 0.339 e. The van der Waals surface area contributed by atoms with E-state index in [2.05, 4.69) is 31.8 Å². The fourth-order valence-corrected chi connectivity index (χ4v) is 2.35. The largest absolute Gasteiger partial charge is 0.504 e. The van der Waals surface area contributed by atoms with E-state index in [9.17, 15) is 9.90 Å². The van der Waals surface area contributed by atoms with E-state index < -0.39 is 6.03 Å². The second-order valence-corrected chi connectivity index (χ2v) is 5.10. The fraction of sp³-hybridized carbons (Fsp3) is 0.0667. The lowest BCUT2D eigenvalue weighted by Gasteiger charge is -2.06. The van der Waals surface area contributed by atoms with E-state index in [0.29, 0.717) is 21.5 Å². The van der Waals surface area contributed by atoms with Gasteiger partial charge in [0.1, 0.15) is 0 Å². The van der Waals surface area contributed by atoms with Crippen LogP contribution in [-0.2, 0) is 0 Å². The third kappa shape index (κ3) is 4.23. The van der Waals surface area contributed by atoms with Crippen molar-refractivity contribution in [3.63, 3.8) is 0 Å². The Morgan fingerprint density at radius 1 is 1.32 bits per heavy atom. The fourth-order valence-electron chi connectivity index (χ4n) is 1.72. The van der Waals surface area contributed by atoms with Gasteiger partial charge in [0.15, 0.2) is 11.5 Å². The number of nitrogens with zero attached hydrogens (tertiary/aromatic N) is 1. The first kappa shape index (κ1) is 15.8. The minimum Gasteiger partial charge on any atom is -0.504 e. The molecule has 2 rings (SSSR count). The summed E-state index contributed by atoms with van der Waals surface area (Å²) in [4.78, 5) is 11.6. The molecule has 3 N–H and O–H groups in total. The number of anilines is 1. The van der Waals surface area contributed by atoms with E-state index in [-0.39, 0.29) is 5.75 Å². The number of hydrogen-bond donors (Lipinski definition) is 3. The number of hydrazone groups is 1. The van der Waals surface area contributed by atoms with Crippen molar-refractivity contribution < 1.29 is 14.6 Å². The number of carbonyl (C=O) groups is 1. The Kier molecular flexibility index (Phi) is 5.37. The number of carbonyl (C=O) groups excluding carboxylic acids is 1. The number of urea groups is 1. The van der Waals surface area contributed by atoms with Gasteiger partial charge >= 0.3 is 6.03 Å². The zero-order valence-electron chi connectivity index (χ0n) is 11.7. The van der Waals surface area contributed by atoms with Crippen molar-refractivity contribution in [3.05, 3.63) is 52.5 Å².